The molecule has 1 fully saturated rings. The number of carbonyl (C=O) groups excluding carboxylic acids is 1. The quantitative estimate of drug-likeness (QED) is 0.842. The number of carbonyl (C=O) groups is 1. The number of amides is 1. The Labute approximate surface area is 127 Å². The molecule has 0 aromatic heterocycles. The molecule has 4 N–H and O–H groups in total. The molecule has 21 heavy (non-hydrogen) atoms. The van der Waals surface area contributed by atoms with Crippen LogP contribution in [-0.2, 0) is 6.54 Å². The molecule has 0 heterocycles. The molecular formula is C17H27N3O. The Morgan fingerprint density at radius 1 is 1.33 bits per heavy atom. The maximum absolute atomic E-state index is 11.3. The normalized spacial score (nSPS) is 22.4. The Morgan fingerprint density at radius 3 is 2.76 bits per heavy atom. The van der Waals surface area contributed by atoms with Crippen molar-refractivity contribution in [2.75, 3.05) is 13.1 Å². The summed E-state index contributed by atoms with van der Waals surface area (Å²) >= 11 is 0. The van der Waals surface area contributed by atoms with Crippen LogP contribution in [0.25, 0.3) is 0 Å². The number of hydrogen-bond acceptors (Lipinski definition) is 3. The van der Waals surface area contributed by atoms with E-state index in [-0.39, 0.29) is 5.91 Å². The van der Waals surface area contributed by atoms with Crippen LogP contribution in [0.1, 0.15) is 48.5 Å². The van der Waals surface area contributed by atoms with Crippen LogP contribution in [-0.4, -0.2) is 29.9 Å². The second-order valence-corrected chi connectivity index (χ2v) is 5.98. The highest BCUT2D eigenvalue weighted by Gasteiger charge is 2.28. The maximum Gasteiger partial charge on any atom is 0.248 e. The summed E-state index contributed by atoms with van der Waals surface area (Å²) < 4.78 is 0. The zero-order valence-corrected chi connectivity index (χ0v) is 12.9. The minimum atomic E-state index is -0.364. The van der Waals surface area contributed by atoms with Gasteiger partial charge in [0, 0.05) is 18.2 Å². The number of hydrogen-bond donors (Lipinski definition) is 2. The van der Waals surface area contributed by atoms with Crippen molar-refractivity contribution in [2.24, 2.45) is 17.4 Å². The maximum atomic E-state index is 11.3. The first-order valence-electron chi connectivity index (χ1n) is 7.98. The summed E-state index contributed by atoms with van der Waals surface area (Å²) in [6.45, 7) is 4.82. The Bertz CT molecular complexity index is 475. The third-order valence-corrected chi connectivity index (χ3v) is 4.64. The van der Waals surface area contributed by atoms with Crippen molar-refractivity contribution in [1.29, 1.82) is 0 Å². The van der Waals surface area contributed by atoms with Gasteiger partial charge in [0.25, 0.3) is 0 Å². The third kappa shape index (κ3) is 4.05. The van der Waals surface area contributed by atoms with Crippen LogP contribution in [0.2, 0.25) is 0 Å². The van der Waals surface area contributed by atoms with Crippen LogP contribution in [0.3, 0.4) is 0 Å². The van der Waals surface area contributed by atoms with Crippen LogP contribution in [0, 0.1) is 5.92 Å². The van der Waals surface area contributed by atoms with Crippen LogP contribution in [0.5, 0.6) is 0 Å². The lowest BCUT2D eigenvalue weighted by Crippen LogP contribution is -2.44. The van der Waals surface area contributed by atoms with E-state index >= 15 is 0 Å². The van der Waals surface area contributed by atoms with E-state index in [4.69, 9.17) is 11.5 Å². The lowest BCUT2D eigenvalue weighted by atomic mass is 9.83. The summed E-state index contributed by atoms with van der Waals surface area (Å²) in [5, 5.41) is 0. The van der Waals surface area contributed by atoms with Crippen molar-refractivity contribution < 1.29 is 4.79 Å². The van der Waals surface area contributed by atoms with Gasteiger partial charge in [0.15, 0.2) is 0 Å². The molecule has 1 saturated carbocycles. The van der Waals surface area contributed by atoms with Crippen molar-refractivity contribution in [1.82, 2.24) is 4.90 Å². The van der Waals surface area contributed by atoms with E-state index < -0.39 is 0 Å². The monoisotopic (exact) mass is 289 g/mol. The van der Waals surface area contributed by atoms with E-state index in [0.29, 0.717) is 17.5 Å². The number of nitrogens with two attached hydrogens (primary N) is 2. The molecule has 116 valence electrons. The molecule has 0 aliphatic heterocycles. The van der Waals surface area contributed by atoms with Gasteiger partial charge in [-0.25, -0.2) is 0 Å². The highest BCUT2D eigenvalue weighted by Crippen LogP contribution is 2.28. The first-order chi connectivity index (χ1) is 10.2. The fourth-order valence-corrected chi connectivity index (χ4v) is 3.46. The zero-order chi connectivity index (χ0) is 15.2. The molecule has 4 nitrogen and oxygen atoms in total. The molecule has 2 rings (SSSR count). The van der Waals surface area contributed by atoms with Gasteiger partial charge in [-0.2, -0.15) is 0 Å². The van der Waals surface area contributed by atoms with Crippen LogP contribution >= 0.6 is 0 Å². The summed E-state index contributed by atoms with van der Waals surface area (Å²) in [6, 6.07) is 8.21. The lowest BCUT2D eigenvalue weighted by molar-refractivity contribution is 0.0998. The average Bonchev–Trinajstić information content (AvgIpc) is 2.52. The number of benzene rings is 1. The van der Waals surface area contributed by atoms with Crippen LogP contribution < -0.4 is 11.5 Å². The molecule has 1 aromatic carbocycles. The molecule has 4 heteroatoms. The van der Waals surface area contributed by atoms with Gasteiger partial charge in [-0.1, -0.05) is 31.9 Å². The minimum Gasteiger partial charge on any atom is -0.366 e. The molecular weight excluding hydrogens is 262 g/mol. The molecule has 1 aliphatic rings. The van der Waals surface area contributed by atoms with Gasteiger partial charge >= 0.3 is 0 Å². The summed E-state index contributed by atoms with van der Waals surface area (Å²) in [5.74, 6) is 0.232. The topological polar surface area (TPSA) is 72.3 Å². The predicted octanol–water partition coefficient (Wildman–Crippen LogP) is 2.12. The van der Waals surface area contributed by atoms with E-state index in [9.17, 15) is 4.79 Å². The summed E-state index contributed by atoms with van der Waals surface area (Å²) in [5.41, 5.74) is 13.1. The first kappa shape index (κ1) is 16.0. The highest BCUT2D eigenvalue weighted by atomic mass is 16.1. The average molecular weight is 289 g/mol. The van der Waals surface area contributed by atoms with Crippen molar-refractivity contribution in [3.8, 4) is 0 Å². The lowest BCUT2D eigenvalue weighted by Gasteiger charge is -2.39. The SMILES string of the molecule is CCN(Cc1cccc(C(N)=O)c1)C1CCCCC1CN. The fraction of sp³-hybridized carbons (Fsp3) is 0.588. The Hall–Kier alpha value is -1.39. The zero-order valence-electron chi connectivity index (χ0n) is 12.9. The molecule has 1 aromatic rings. The Kier molecular flexibility index (Phi) is 5.76. The molecule has 0 spiro atoms. The number of primary amides is 1. The molecule has 0 saturated heterocycles. The van der Waals surface area contributed by atoms with Gasteiger partial charge in [0.1, 0.15) is 0 Å². The Balaban J connectivity index is 2.11. The van der Waals surface area contributed by atoms with Gasteiger partial charge < -0.3 is 11.5 Å². The molecule has 0 bridgehead atoms. The van der Waals surface area contributed by atoms with E-state index in [2.05, 4.69) is 17.9 Å². The Morgan fingerprint density at radius 2 is 2.10 bits per heavy atom. The fourth-order valence-electron chi connectivity index (χ4n) is 3.46. The number of nitrogens with zero attached hydrogens (tertiary/aromatic N) is 1. The van der Waals surface area contributed by atoms with Crippen molar-refractivity contribution >= 4 is 5.91 Å². The number of rotatable bonds is 6. The van der Waals surface area contributed by atoms with E-state index in [1.54, 1.807) is 6.07 Å². The van der Waals surface area contributed by atoms with E-state index in [1.165, 1.54) is 25.7 Å². The highest BCUT2D eigenvalue weighted by molar-refractivity contribution is 5.92. The van der Waals surface area contributed by atoms with Crippen molar-refractivity contribution in [3.05, 3.63) is 35.4 Å². The van der Waals surface area contributed by atoms with Gasteiger partial charge in [0.2, 0.25) is 5.91 Å². The first-order valence-corrected chi connectivity index (χ1v) is 7.98. The third-order valence-electron chi connectivity index (χ3n) is 4.64. The largest absolute Gasteiger partial charge is 0.366 e. The van der Waals surface area contributed by atoms with E-state index in [1.807, 2.05) is 12.1 Å². The summed E-state index contributed by atoms with van der Waals surface area (Å²) in [7, 11) is 0. The van der Waals surface area contributed by atoms with Crippen molar-refractivity contribution in [2.45, 2.75) is 45.2 Å². The molecule has 1 amide bonds. The molecule has 2 atom stereocenters. The van der Waals surface area contributed by atoms with Gasteiger partial charge in [-0.05, 0) is 49.5 Å². The van der Waals surface area contributed by atoms with Crippen molar-refractivity contribution in [3.63, 3.8) is 0 Å². The molecule has 2 unspecified atom stereocenters. The van der Waals surface area contributed by atoms with Gasteiger partial charge in [0.05, 0.1) is 0 Å². The van der Waals surface area contributed by atoms with Gasteiger partial charge in [-0.15, -0.1) is 0 Å². The molecule has 1 aliphatic carbocycles. The summed E-state index contributed by atoms with van der Waals surface area (Å²) in [4.78, 5) is 13.8. The molecule has 0 radical (unpaired) electrons. The standard InChI is InChI=1S/C17H27N3O/c1-2-20(16-9-4-3-7-15(16)11-18)12-13-6-5-8-14(10-13)17(19)21/h5-6,8,10,15-16H,2-4,7,9,11-12,18H2,1H3,(H2,19,21). The second kappa shape index (κ2) is 7.57. The van der Waals surface area contributed by atoms with E-state index in [0.717, 1.165) is 25.2 Å². The second-order valence-electron chi connectivity index (χ2n) is 5.98. The summed E-state index contributed by atoms with van der Waals surface area (Å²) in [6.07, 6.45) is 5.05. The van der Waals surface area contributed by atoms with Crippen LogP contribution in [0.15, 0.2) is 24.3 Å². The predicted molar refractivity (Wildman–Crippen MR) is 85.8 cm³/mol. The smallest absolute Gasteiger partial charge is 0.248 e. The van der Waals surface area contributed by atoms with Gasteiger partial charge in [-0.3, -0.25) is 9.69 Å². The minimum absolute atomic E-state index is 0.364. The van der Waals surface area contributed by atoms with Crippen LogP contribution in [0.4, 0.5) is 0 Å².